The molecule has 10 rings (SSSR count). The van der Waals surface area contributed by atoms with Crippen LogP contribution in [0.5, 0.6) is 0 Å². The van der Waals surface area contributed by atoms with Crippen LogP contribution in [0.2, 0.25) is 0 Å². The van der Waals surface area contributed by atoms with Crippen LogP contribution in [0, 0.1) is 0 Å². The van der Waals surface area contributed by atoms with Crippen LogP contribution < -0.4 is 0 Å². The fourth-order valence-electron chi connectivity index (χ4n) is 6.83. The third-order valence-electron chi connectivity index (χ3n) is 9.25. The molecule has 0 saturated heterocycles. The van der Waals surface area contributed by atoms with Crippen LogP contribution in [0.3, 0.4) is 0 Å². The molecule has 234 valence electrons. The largest absolute Gasteiger partial charge is 0.309 e. The monoisotopic (exact) mass is 657 g/mol. The van der Waals surface area contributed by atoms with Crippen LogP contribution in [-0.4, -0.2) is 24.5 Å². The Morgan fingerprint density at radius 3 is 1.76 bits per heavy atom. The first-order valence-corrected chi connectivity index (χ1v) is 17.4. The Bertz CT molecular complexity index is 2780. The lowest BCUT2D eigenvalue weighted by Gasteiger charge is -2.11. The molecule has 0 atom stereocenters. The van der Waals surface area contributed by atoms with E-state index >= 15 is 0 Å². The van der Waals surface area contributed by atoms with E-state index in [0.29, 0.717) is 17.5 Å². The maximum absolute atomic E-state index is 4.94. The zero-order valence-electron chi connectivity index (χ0n) is 26.7. The molecule has 0 amide bonds. The van der Waals surface area contributed by atoms with Gasteiger partial charge >= 0.3 is 0 Å². The van der Waals surface area contributed by atoms with Gasteiger partial charge in [-0.2, -0.15) is 0 Å². The molecule has 0 fully saturated rings. The van der Waals surface area contributed by atoms with E-state index in [9.17, 15) is 0 Å². The van der Waals surface area contributed by atoms with E-state index < -0.39 is 0 Å². The lowest BCUT2D eigenvalue weighted by atomic mass is 10.1. The van der Waals surface area contributed by atoms with Gasteiger partial charge in [-0.3, -0.25) is 0 Å². The molecular weight excluding hydrogens is 631 g/mol. The molecule has 0 N–H and O–H groups in total. The second-order valence-electron chi connectivity index (χ2n) is 12.4. The Morgan fingerprint density at radius 2 is 1.00 bits per heavy atom. The van der Waals surface area contributed by atoms with Gasteiger partial charge in [0.05, 0.1) is 21.3 Å². The van der Waals surface area contributed by atoms with Crippen LogP contribution in [0.25, 0.3) is 93.2 Å². The average molecular weight is 658 g/mol. The summed E-state index contributed by atoms with van der Waals surface area (Å²) in [5, 5.41) is 5.73. The highest BCUT2D eigenvalue weighted by molar-refractivity contribution is 7.21. The van der Waals surface area contributed by atoms with E-state index in [-0.39, 0.29) is 0 Å². The summed E-state index contributed by atoms with van der Waals surface area (Å²) in [6.07, 6.45) is 0. The number of aromatic nitrogens is 5. The summed E-state index contributed by atoms with van der Waals surface area (Å²) in [5.74, 6) is 1.96. The van der Waals surface area contributed by atoms with E-state index in [0.717, 1.165) is 49.2 Å². The molecule has 10 aromatic rings. The minimum Gasteiger partial charge on any atom is -0.309 e. The van der Waals surface area contributed by atoms with Gasteiger partial charge in [0.1, 0.15) is 5.01 Å². The summed E-state index contributed by atoms with van der Waals surface area (Å²) < 4.78 is 3.57. The van der Waals surface area contributed by atoms with Crippen molar-refractivity contribution in [2.24, 2.45) is 0 Å². The summed E-state index contributed by atoms with van der Waals surface area (Å²) >= 11 is 1.74. The van der Waals surface area contributed by atoms with Crippen molar-refractivity contribution in [3.05, 3.63) is 164 Å². The molecule has 0 aliphatic rings. The molecule has 0 radical (unpaired) electrons. The van der Waals surface area contributed by atoms with Gasteiger partial charge in [0.25, 0.3) is 0 Å². The maximum atomic E-state index is 4.94. The minimum absolute atomic E-state index is 0.648. The van der Waals surface area contributed by atoms with Gasteiger partial charge in [-0.25, -0.2) is 19.9 Å². The topological polar surface area (TPSA) is 56.5 Å². The standard InChI is InChI=1S/C44H27N5S/c1-3-11-28(12-4-1)41-46-42(29-13-5-2-6-14-29)48-43(47-41)32-20-19-31-26-34(23-21-30(31)25-32)49-38-17-9-7-15-35(38)36-27-33(22-24-39(36)49)44-45-37-16-8-10-18-40(37)50-44/h1-27H. The number of benzene rings is 7. The summed E-state index contributed by atoms with van der Waals surface area (Å²) in [6, 6.07) is 57.0. The van der Waals surface area contributed by atoms with Crippen LogP contribution in [0.1, 0.15) is 0 Å². The molecule has 0 saturated carbocycles. The third kappa shape index (κ3) is 4.85. The van der Waals surface area contributed by atoms with Gasteiger partial charge in [0, 0.05) is 38.7 Å². The number of nitrogens with zero attached hydrogens (tertiary/aromatic N) is 5. The first-order chi connectivity index (χ1) is 24.7. The lowest BCUT2D eigenvalue weighted by Crippen LogP contribution is -2.00. The number of thiazole rings is 1. The number of hydrogen-bond acceptors (Lipinski definition) is 5. The summed E-state index contributed by atoms with van der Waals surface area (Å²) in [6.45, 7) is 0. The zero-order chi connectivity index (χ0) is 33.0. The molecule has 5 nitrogen and oxygen atoms in total. The second-order valence-corrected chi connectivity index (χ2v) is 13.4. The quantitative estimate of drug-likeness (QED) is 0.185. The predicted octanol–water partition coefficient (Wildman–Crippen LogP) is 11.4. The highest BCUT2D eigenvalue weighted by Crippen LogP contribution is 2.38. The molecule has 0 aliphatic carbocycles. The van der Waals surface area contributed by atoms with Crippen molar-refractivity contribution in [3.8, 4) is 50.4 Å². The van der Waals surface area contributed by atoms with Crippen molar-refractivity contribution in [3.63, 3.8) is 0 Å². The van der Waals surface area contributed by atoms with E-state index in [4.69, 9.17) is 19.9 Å². The van der Waals surface area contributed by atoms with Crippen molar-refractivity contribution in [2.75, 3.05) is 0 Å². The van der Waals surface area contributed by atoms with E-state index in [1.165, 1.54) is 26.5 Å². The molecule has 7 aromatic carbocycles. The van der Waals surface area contributed by atoms with Gasteiger partial charge < -0.3 is 4.57 Å². The minimum atomic E-state index is 0.648. The smallest absolute Gasteiger partial charge is 0.164 e. The first kappa shape index (κ1) is 28.5. The molecule has 0 aliphatic heterocycles. The molecule has 0 spiro atoms. The molecular formula is C44H27N5S. The number of rotatable bonds is 5. The third-order valence-corrected chi connectivity index (χ3v) is 10.3. The fourth-order valence-corrected chi connectivity index (χ4v) is 7.79. The van der Waals surface area contributed by atoms with Crippen LogP contribution in [0.15, 0.2) is 164 Å². The van der Waals surface area contributed by atoms with Crippen molar-refractivity contribution >= 4 is 54.1 Å². The molecule has 0 bridgehead atoms. The Morgan fingerprint density at radius 1 is 0.400 bits per heavy atom. The Balaban J connectivity index is 1.08. The SMILES string of the molecule is c1ccc(-c2nc(-c3ccccc3)nc(-c3ccc4cc(-n5c6ccccc6c6cc(-c7nc8ccccc8s7)ccc65)ccc4c3)n2)cc1. The van der Waals surface area contributed by atoms with E-state index in [1.54, 1.807) is 11.3 Å². The Kier molecular flexibility index (Phi) is 6.60. The van der Waals surface area contributed by atoms with Gasteiger partial charge in [-0.1, -0.05) is 109 Å². The highest BCUT2D eigenvalue weighted by atomic mass is 32.1. The van der Waals surface area contributed by atoms with Crippen molar-refractivity contribution < 1.29 is 0 Å². The lowest BCUT2D eigenvalue weighted by molar-refractivity contribution is 1.07. The molecule has 0 unspecified atom stereocenters. The van der Waals surface area contributed by atoms with Crippen LogP contribution in [-0.2, 0) is 0 Å². The maximum Gasteiger partial charge on any atom is 0.164 e. The van der Waals surface area contributed by atoms with Crippen molar-refractivity contribution in [1.29, 1.82) is 0 Å². The van der Waals surface area contributed by atoms with Crippen molar-refractivity contribution in [1.82, 2.24) is 24.5 Å². The first-order valence-electron chi connectivity index (χ1n) is 16.6. The average Bonchev–Trinajstić information content (AvgIpc) is 3.77. The molecule has 3 aromatic heterocycles. The molecule has 3 heterocycles. The normalized spacial score (nSPS) is 11.6. The predicted molar refractivity (Wildman–Crippen MR) is 207 cm³/mol. The van der Waals surface area contributed by atoms with E-state index in [1.807, 2.05) is 66.7 Å². The Hall–Kier alpha value is -6.50. The van der Waals surface area contributed by atoms with Gasteiger partial charge in [0.15, 0.2) is 17.5 Å². The molecule has 6 heteroatoms. The zero-order valence-corrected chi connectivity index (χ0v) is 27.5. The Labute approximate surface area is 291 Å². The van der Waals surface area contributed by atoms with Crippen LogP contribution >= 0.6 is 11.3 Å². The van der Waals surface area contributed by atoms with Gasteiger partial charge in [0.2, 0.25) is 0 Å². The van der Waals surface area contributed by atoms with Crippen molar-refractivity contribution in [2.45, 2.75) is 0 Å². The highest BCUT2D eigenvalue weighted by Gasteiger charge is 2.16. The number of para-hydroxylation sites is 2. The van der Waals surface area contributed by atoms with Gasteiger partial charge in [-0.05, 0) is 65.4 Å². The summed E-state index contributed by atoms with van der Waals surface area (Å²) in [4.78, 5) is 19.7. The molecule has 50 heavy (non-hydrogen) atoms. The summed E-state index contributed by atoms with van der Waals surface area (Å²) in [7, 11) is 0. The second kappa shape index (κ2) is 11.6. The number of fused-ring (bicyclic) bond motifs is 5. The van der Waals surface area contributed by atoms with Crippen LogP contribution in [0.4, 0.5) is 0 Å². The van der Waals surface area contributed by atoms with Gasteiger partial charge in [-0.15, -0.1) is 11.3 Å². The number of hydrogen-bond donors (Lipinski definition) is 0. The van der Waals surface area contributed by atoms with E-state index in [2.05, 4.69) is 102 Å². The fraction of sp³-hybridized carbons (Fsp3) is 0. The summed E-state index contributed by atoms with van der Waals surface area (Å²) in [5.41, 5.74) is 8.48.